The van der Waals surface area contributed by atoms with Crippen molar-refractivity contribution < 1.29 is 0 Å². The van der Waals surface area contributed by atoms with Gasteiger partial charge in [0.1, 0.15) is 0 Å². The molecular formula is C8H18N2. The molecule has 1 aliphatic carbocycles. The number of hydrogen-bond acceptors (Lipinski definition) is 2. The normalized spacial score (nSPS) is 31.8. The summed E-state index contributed by atoms with van der Waals surface area (Å²) in [6.45, 7) is 3.39. The van der Waals surface area contributed by atoms with Crippen molar-refractivity contribution in [3.8, 4) is 0 Å². The van der Waals surface area contributed by atoms with Gasteiger partial charge in [0.05, 0.1) is 0 Å². The first-order chi connectivity index (χ1) is 4.83. The molecule has 0 bridgehead atoms. The van der Waals surface area contributed by atoms with E-state index in [1.807, 2.05) is 0 Å². The lowest BCUT2D eigenvalue weighted by molar-refractivity contribution is 0.291. The summed E-state index contributed by atoms with van der Waals surface area (Å²) in [4.78, 5) is 0. The van der Waals surface area contributed by atoms with Crippen LogP contribution in [0.15, 0.2) is 0 Å². The molecule has 0 saturated heterocycles. The van der Waals surface area contributed by atoms with Crippen LogP contribution in [0.2, 0.25) is 0 Å². The highest BCUT2D eigenvalue weighted by Gasteiger charge is 2.24. The zero-order valence-corrected chi connectivity index (χ0v) is 6.77. The Labute approximate surface area is 63.2 Å². The Morgan fingerprint density at radius 3 is 2.70 bits per heavy atom. The summed E-state index contributed by atoms with van der Waals surface area (Å²) >= 11 is 0. The van der Waals surface area contributed by atoms with Crippen LogP contribution < -0.4 is 11.1 Å². The van der Waals surface area contributed by atoms with Crippen molar-refractivity contribution in [1.29, 1.82) is 0 Å². The first-order valence-corrected chi connectivity index (χ1v) is 4.32. The molecule has 0 aromatic carbocycles. The van der Waals surface area contributed by atoms with Gasteiger partial charge < -0.3 is 11.1 Å². The van der Waals surface area contributed by atoms with Crippen LogP contribution in [0.4, 0.5) is 0 Å². The van der Waals surface area contributed by atoms with E-state index in [-0.39, 0.29) is 0 Å². The molecule has 1 fully saturated rings. The van der Waals surface area contributed by atoms with E-state index in [1.165, 1.54) is 32.2 Å². The van der Waals surface area contributed by atoms with Gasteiger partial charge in [-0.05, 0) is 25.8 Å². The number of hydrogen-bond donors (Lipinski definition) is 2. The van der Waals surface area contributed by atoms with Gasteiger partial charge in [0.25, 0.3) is 0 Å². The average molecular weight is 142 g/mol. The van der Waals surface area contributed by atoms with Crippen molar-refractivity contribution in [3.63, 3.8) is 0 Å². The summed E-state index contributed by atoms with van der Waals surface area (Å²) in [7, 11) is 0. The van der Waals surface area contributed by atoms with Gasteiger partial charge in [-0.3, -0.25) is 0 Å². The zero-order valence-electron chi connectivity index (χ0n) is 6.77. The number of rotatable bonds is 4. The SMILES string of the molecule is CCCCNC1CC(N)C1. The van der Waals surface area contributed by atoms with Crippen molar-refractivity contribution in [2.75, 3.05) is 6.54 Å². The molecule has 3 N–H and O–H groups in total. The molecule has 0 aromatic rings. The lowest BCUT2D eigenvalue weighted by Crippen LogP contribution is -2.48. The molecule has 1 aliphatic rings. The van der Waals surface area contributed by atoms with Crippen molar-refractivity contribution in [1.82, 2.24) is 5.32 Å². The van der Waals surface area contributed by atoms with Crippen molar-refractivity contribution in [2.24, 2.45) is 5.73 Å². The van der Waals surface area contributed by atoms with Crippen molar-refractivity contribution in [2.45, 2.75) is 44.7 Å². The molecule has 0 spiro atoms. The fourth-order valence-electron chi connectivity index (χ4n) is 1.31. The smallest absolute Gasteiger partial charge is 0.00965 e. The van der Waals surface area contributed by atoms with E-state index < -0.39 is 0 Å². The molecule has 0 aliphatic heterocycles. The van der Waals surface area contributed by atoms with Crippen LogP contribution in [0.5, 0.6) is 0 Å². The minimum Gasteiger partial charge on any atom is -0.328 e. The Bertz CT molecular complexity index is 87.3. The molecule has 0 heterocycles. The van der Waals surface area contributed by atoms with Crippen LogP contribution in [0, 0.1) is 0 Å². The Balaban J connectivity index is 1.86. The summed E-state index contributed by atoms with van der Waals surface area (Å²) in [6, 6.07) is 1.22. The van der Waals surface area contributed by atoms with Crippen molar-refractivity contribution in [3.05, 3.63) is 0 Å². The Kier molecular flexibility index (Phi) is 3.16. The quantitative estimate of drug-likeness (QED) is 0.571. The molecule has 10 heavy (non-hydrogen) atoms. The second-order valence-electron chi connectivity index (χ2n) is 3.24. The maximum atomic E-state index is 5.63. The van der Waals surface area contributed by atoms with Crippen molar-refractivity contribution >= 4 is 0 Å². The van der Waals surface area contributed by atoms with Crippen LogP contribution in [-0.2, 0) is 0 Å². The van der Waals surface area contributed by atoms with E-state index in [4.69, 9.17) is 5.73 Å². The minimum atomic E-state index is 0.485. The molecule has 60 valence electrons. The zero-order chi connectivity index (χ0) is 7.40. The Hall–Kier alpha value is -0.0800. The monoisotopic (exact) mass is 142 g/mol. The molecule has 1 saturated carbocycles. The van der Waals surface area contributed by atoms with Gasteiger partial charge in [0, 0.05) is 12.1 Å². The molecule has 0 atom stereocenters. The topological polar surface area (TPSA) is 38.0 Å². The number of unbranched alkanes of at least 4 members (excludes halogenated alkanes) is 1. The van der Waals surface area contributed by atoms with Crippen LogP contribution in [0.1, 0.15) is 32.6 Å². The third-order valence-corrected chi connectivity index (χ3v) is 2.14. The van der Waals surface area contributed by atoms with E-state index in [2.05, 4.69) is 12.2 Å². The fraction of sp³-hybridized carbons (Fsp3) is 1.00. The third-order valence-electron chi connectivity index (χ3n) is 2.14. The molecule has 2 heteroatoms. The number of nitrogens with one attached hydrogen (secondary N) is 1. The standard InChI is InChI=1S/C8H18N2/c1-2-3-4-10-8-5-7(9)6-8/h7-8,10H,2-6,9H2,1H3. The second-order valence-corrected chi connectivity index (χ2v) is 3.24. The van der Waals surface area contributed by atoms with E-state index in [9.17, 15) is 0 Å². The van der Waals surface area contributed by atoms with Crippen LogP contribution >= 0.6 is 0 Å². The lowest BCUT2D eigenvalue weighted by Gasteiger charge is -2.33. The summed E-state index contributed by atoms with van der Waals surface area (Å²) in [5, 5.41) is 3.47. The Morgan fingerprint density at radius 2 is 2.20 bits per heavy atom. The highest BCUT2D eigenvalue weighted by Crippen LogP contribution is 2.16. The van der Waals surface area contributed by atoms with E-state index in [0.29, 0.717) is 6.04 Å². The Morgan fingerprint density at radius 1 is 1.50 bits per heavy atom. The van der Waals surface area contributed by atoms with Gasteiger partial charge in [-0.1, -0.05) is 13.3 Å². The molecule has 0 unspecified atom stereocenters. The summed E-state index contributed by atoms with van der Waals surface area (Å²) in [5.74, 6) is 0. The highest BCUT2D eigenvalue weighted by molar-refractivity contribution is 4.87. The molecule has 0 aromatic heterocycles. The maximum Gasteiger partial charge on any atom is 0.00965 e. The van der Waals surface area contributed by atoms with Gasteiger partial charge in [-0.15, -0.1) is 0 Å². The lowest BCUT2D eigenvalue weighted by atomic mass is 9.87. The van der Waals surface area contributed by atoms with Gasteiger partial charge >= 0.3 is 0 Å². The van der Waals surface area contributed by atoms with Gasteiger partial charge in [0.15, 0.2) is 0 Å². The molecule has 2 nitrogen and oxygen atoms in total. The molecule has 0 amide bonds. The molecule has 0 radical (unpaired) electrons. The first-order valence-electron chi connectivity index (χ1n) is 4.32. The predicted molar refractivity (Wildman–Crippen MR) is 43.9 cm³/mol. The fourth-order valence-corrected chi connectivity index (χ4v) is 1.31. The first kappa shape index (κ1) is 8.02. The molecule has 1 rings (SSSR count). The summed E-state index contributed by atoms with van der Waals surface area (Å²) in [6.07, 6.45) is 4.95. The van der Waals surface area contributed by atoms with E-state index in [0.717, 1.165) is 6.04 Å². The average Bonchev–Trinajstić information content (AvgIpc) is 1.85. The summed E-state index contributed by atoms with van der Waals surface area (Å²) < 4.78 is 0. The van der Waals surface area contributed by atoms with Gasteiger partial charge in [-0.25, -0.2) is 0 Å². The maximum absolute atomic E-state index is 5.63. The summed E-state index contributed by atoms with van der Waals surface area (Å²) in [5.41, 5.74) is 5.63. The number of nitrogens with two attached hydrogens (primary N) is 1. The van der Waals surface area contributed by atoms with Crippen LogP contribution in [0.25, 0.3) is 0 Å². The minimum absolute atomic E-state index is 0.485. The van der Waals surface area contributed by atoms with Gasteiger partial charge in [0.2, 0.25) is 0 Å². The largest absolute Gasteiger partial charge is 0.328 e. The predicted octanol–water partition coefficient (Wildman–Crippen LogP) is 0.866. The van der Waals surface area contributed by atoms with Gasteiger partial charge in [-0.2, -0.15) is 0 Å². The third kappa shape index (κ3) is 2.27. The second kappa shape index (κ2) is 3.94. The van der Waals surface area contributed by atoms with E-state index >= 15 is 0 Å². The van der Waals surface area contributed by atoms with Crippen LogP contribution in [0.3, 0.4) is 0 Å². The molecular weight excluding hydrogens is 124 g/mol. The van der Waals surface area contributed by atoms with E-state index in [1.54, 1.807) is 0 Å². The highest BCUT2D eigenvalue weighted by atomic mass is 14.9. The van der Waals surface area contributed by atoms with Crippen LogP contribution in [-0.4, -0.2) is 18.6 Å².